The van der Waals surface area contributed by atoms with Crippen LogP contribution in [0.3, 0.4) is 0 Å². The number of benzene rings is 1. The smallest absolute Gasteiger partial charge is 0.251 e. The number of aromatic hydroxyl groups is 1. The number of nitrogens with zero attached hydrogens (tertiary/aromatic N) is 1. The molecular formula is C14H14ClN3O2. The third-order valence-corrected chi connectivity index (χ3v) is 2.93. The average molecular weight is 292 g/mol. The highest BCUT2D eigenvalue weighted by Crippen LogP contribution is 2.18. The molecule has 0 saturated carbocycles. The Kier molecular flexibility index (Phi) is 4.79. The van der Waals surface area contributed by atoms with Crippen LogP contribution >= 0.6 is 11.6 Å². The third-order valence-electron chi connectivity index (χ3n) is 2.63. The van der Waals surface area contributed by atoms with Crippen molar-refractivity contribution in [3.63, 3.8) is 0 Å². The number of phenols is 1. The molecule has 1 heterocycles. The Hall–Kier alpha value is -2.27. The van der Waals surface area contributed by atoms with Gasteiger partial charge in [-0.15, -0.1) is 0 Å². The van der Waals surface area contributed by atoms with E-state index in [1.807, 2.05) is 0 Å². The maximum Gasteiger partial charge on any atom is 0.251 e. The molecule has 2 aromatic rings. The number of hydrogen-bond acceptors (Lipinski definition) is 4. The predicted octanol–water partition coefficient (Wildman–Crippen LogP) is 2.28. The number of nitrogens with one attached hydrogen (secondary N) is 2. The largest absolute Gasteiger partial charge is 0.508 e. The van der Waals surface area contributed by atoms with Gasteiger partial charge in [-0.3, -0.25) is 9.78 Å². The van der Waals surface area contributed by atoms with Crippen LogP contribution in [-0.2, 0) is 0 Å². The van der Waals surface area contributed by atoms with Crippen molar-refractivity contribution in [2.24, 2.45) is 0 Å². The standard InChI is InChI=1S/C14H14ClN3O2/c15-12-9-16-6-5-13(12)17-7-8-18-14(20)10-1-3-11(19)4-2-10/h1-6,9,19H,7-8H2,(H,16,17)(H,18,20). The van der Waals surface area contributed by atoms with Crippen LogP contribution in [0.25, 0.3) is 0 Å². The van der Waals surface area contributed by atoms with Gasteiger partial charge in [0.25, 0.3) is 5.91 Å². The van der Waals surface area contributed by atoms with Gasteiger partial charge in [0.05, 0.1) is 10.7 Å². The van der Waals surface area contributed by atoms with E-state index in [-0.39, 0.29) is 11.7 Å². The van der Waals surface area contributed by atoms with Gasteiger partial charge >= 0.3 is 0 Å². The Morgan fingerprint density at radius 1 is 1.20 bits per heavy atom. The molecule has 0 bridgehead atoms. The van der Waals surface area contributed by atoms with Crippen molar-refractivity contribution in [1.82, 2.24) is 10.3 Å². The molecular weight excluding hydrogens is 278 g/mol. The normalized spacial score (nSPS) is 10.1. The quantitative estimate of drug-likeness (QED) is 0.739. The monoisotopic (exact) mass is 291 g/mol. The Morgan fingerprint density at radius 2 is 1.95 bits per heavy atom. The summed E-state index contributed by atoms with van der Waals surface area (Å²) in [6.45, 7) is 1.01. The summed E-state index contributed by atoms with van der Waals surface area (Å²) in [5, 5.41) is 15.6. The van der Waals surface area contributed by atoms with Crippen molar-refractivity contribution in [2.75, 3.05) is 18.4 Å². The highest BCUT2D eigenvalue weighted by Gasteiger charge is 2.04. The van der Waals surface area contributed by atoms with Gasteiger partial charge in [0, 0.05) is 31.0 Å². The van der Waals surface area contributed by atoms with Crippen LogP contribution in [0.5, 0.6) is 5.75 Å². The number of halogens is 1. The lowest BCUT2D eigenvalue weighted by Crippen LogP contribution is -2.28. The van der Waals surface area contributed by atoms with Gasteiger partial charge in [-0.2, -0.15) is 0 Å². The lowest BCUT2D eigenvalue weighted by atomic mass is 10.2. The first-order valence-corrected chi connectivity index (χ1v) is 6.45. The molecule has 0 fully saturated rings. The molecule has 0 saturated heterocycles. The maximum absolute atomic E-state index is 11.8. The fourth-order valence-electron chi connectivity index (χ4n) is 1.61. The zero-order valence-electron chi connectivity index (χ0n) is 10.6. The maximum atomic E-state index is 11.8. The van der Waals surface area contributed by atoms with E-state index in [4.69, 9.17) is 16.7 Å². The first kappa shape index (κ1) is 14.1. The fraction of sp³-hybridized carbons (Fsp3) is 0.143. The number of pyridine rings is 1. The SMILES string of the molecule is O=C(NCCNc1ccncc1Cl)c1ccc(O)cc1. The topological polar surface area (TPSA) is 74.2 Å². The number of carbonyl (C=O) groups is 1. The third kappa shape index (κ3) is 3.86. The van der Waals surface area contributed by atoms with Crippen LogP contribution in [0.4, 0.5) is 5.69 Å². The van der Waals surface area contributed by atoms with E-state index in [1.54, 1.807) is 30.6 Å². The highest BCUT2D eigenvalue weighted by atomic mass is 35.5. The molecule has 1 aromatic heterocycles. The molecule has 0 aliphatic rings. The summed E-state index contributed by atoms with van der Waals surface area (Å²) >= 11 is 5.94. The number of carbonyl (C=O) groups excluding carboxylic acids is 1. The molecule has 0 aliphatic heterocycles. The van der Waals surface area contributed by atoms with Gasteiger partial charge in [0.2, 0.25) is 0 Å². The van der Waals surface area contributed by atoms with Gasteiger partial charge in [0.1, 0.15) is 5.75 Å². The van der Waals surface area contributed by atoms with Crippen molar-refractivity contribution in [3.8, 4) is 5.75 Å². The number of amides is 1. The zero-order valence-corrected chi connectivity index (χ0v) is 11.4. The second-order valence-electron chi connectivity index (χ2n) is 4.09. The van der Waals surface area contributed by atoms with Crippen molar-refractivity contribution < 1.29 is 9.90 Å². The van der Waals surface area contributed by atoms with Crippen LogP contribution < -0.4 is 10.6 Å². The second kappa shape index (κ2) is 6.77. The van der Waals surface area contributed by atoms with E-state index < -0.39 is 0 Å². The second-order valence-corrected chi connectivity index (χ2v) is 4.49. The lowest BCUT2D eigenvalue weighted by Gasteiger charge is -2.09. The van der Waals surface area contributed by atoms with E-state index in [2.05, 4.69) is 15.6 Å². The molecule has 104 valence electrons. The van der Waals surface area contributed by atoms with Crippen LogP contribution in [0, 0.1) is 0 Å². The summed E-state index contributed by atoms with van der Waals surface area (Å²) in [6, 6.07) is 7.85. The Labute approximate surface area is 121 Å². The Bertz CT molecular complexity index is 587. The number of rotatable bonds is 5. The van der Waals surface area contributed by atoms with Gasteiger partial charge in [0.15, 0.2) is 0 Å². The Balaban J connectivity index is 1.77. The summed E-state index contributed by atoms with van der Waals surface area (Å²) in [5.74, 6) is -0.0526. The van der Waals surface area contributed by atoms with E-state index in [1.165, 1.54) is 12.1 Å². The van der Waals surface area contributed by atoms with Gasteiger partial charge in [-0.05, 0) is 30.3 Å². The molecule has 3 N–H and O–H groups in total. The molecule has 0 aliphatic carbocycles. The first-order chi connectivity index (χ1) is 9.66. The summed E-state index contributed by atoms with van der Waals surface area (Å²) in [5.41, 5.74) is 1.28. The zero-order chi connectivity index (χ0) is 14.4. The van der Waals surface area contributed by atoms with E-state index in [0.717, 1.165) is 5.69 Å². The van der Waals surface area contributed by atoms with E-state index in [0.29, 0.717) is 23.7 Å². The molecule has 20 heavy (non-hydrogen) atoms. The van der Waals surface area contributed by atoms with Crippen LogP contribution in [0.1, 0.15) is 10.4 Å². The summed E-state index contributed by atoms with van der Waals surface area (Å²) < 4.78 is 0. The molecule has 0 radical (unpaired) electrons. The number of hydrogen-bond donors (Lipinski definition) is 3. The summed E-state index contributed by atoms with van der Waals surface area (Å²) in [7, 11) is 0. The van der Waals surface area contributed by atoms with Crippen molar-refractivity contribution in [1.29, 1.82) is 0 Å². The van der Waals surface area contributed by atoms with Gasteiger partial charge in [-0.25, -0.2) is 0 Å². The molecule has 1 amide bonds. The molecule has 2 rings (SSSR count). The Morgan fingerprint density at radius 3 is 2.65 bits per heavy atom. The predicted molar refractivity (Wildman–Crippen MR) is 78.2 cm³/mol. The fourth-order valence-corrected chi connectivity index (χ4v) is 1.79. The summed E-state index contributed by atoms with van der Waals surface area (Å²) in [4.78, 5) is 15.7. The molecule has 1 aromatic carbocycles. The molecule has 6 heteroatoms. The van der Waals surface area contributed by atoms with Crippen LogP contribution in [-0.4, -0.2) is 29.1 Å². The average Bonchev–Trinajstić information content (AvgIpc) is 2.46. The first-order valence-electron chi connectivity index (χ1n) is 6.07. The number of aromatic nitrogens is 1. The van der Waals surface area contributed by atoms with Gasteiger partial charge in [-0.1, -0.05) is 11.6 Å². The van der Waals surface area contributed by atoms with E-state index >= 15 is 0 Å². The summed E-state index contributed by atoms with van der Waals surface area (Å²) in [6.07, 6.45) is 3.20. The van der Waals surface area contributed by atoms with Crippen LogP contribution in [0.15, 0.2) is 42.7 Å². The molecule has 0 atom stereocenters. The highest BCUT2D eigenvalue weighted by molar-refractivity contribution is 6.33. The minimum atomic E-state index is -0.187. The van der Waals surface area contributed by atoms with Crippen molar-refractivity contribution >= 4 is 23.2 Å². The number of phenolic OH excluding ortho intramolecular Hbond substituents is 1. The minimum Gasteiger partial charge on any atom is -0.508 e. The molecule has 0 unspecified atom stereocenters. The van der Waals surface area contributed by atoms with E-state index in [9.17, 15) is 4.79 Å². The molecule has 0 spiro atoms. The molecule has 5 nitrogen and oxygen atoms in total. The minimum absolute atomic E-state index is 0.135. The van der Waals surface area contributed by atoms with Crippen LogP contribution in [0.2, 0.25) is 5.02 Å². The number of anilines is 1. The lowest BCUT2D eigenvalue weighted by molar-refractivity contribution is 0.0955. The van der Waals surface area contributed by atoms with Gasteiger partial charge < -0.3 is 15.7 Å². The van der Waals surface area contributed by atoms with Crippen molar-refractivity contribution in [3.05, 3.63) is 53.3 Å². The van der Waals surface area contributed by atoms with Crippen molar-refractivity contribution in [2.45, 2.75) is 0 Å².